The Morgan fingerprint density at radius 3 is 3.17 bits per heavy atom. The molecule has 1 aromatic carbocycles. The molecule has 0 saturated carbocycles. The van der Waals surface area contributed by atoms with Gasteiger partial charge in [-0.25, -0.2) is 0 Å². The Morgan fingerprint density at radius 1 is 1.44 bits per heavy atom. The van der Waals surface area contributed by atoms with Crippen LogP contribution in [0.15, 0.2) is 29.2 Å². The first-order valence-electron chi connectivity index (χ1n) is 6.24. The van der Waals surface area contributed by atoms with E-state index >= 15 is 0 Å². The lowest BCUT2D eigenvalue weighted by atomic mass is 10.2. The number of hydrogen-bond donors (Lipinski definition) is 0. The highest BCUT2D eigenvalue weighted by Gasteiger charge is 2.12. The molecule has 1 unspecified atom stereocenters. The molecule has 1 fully saturated rings. The second-order valence-electron chi connectivity index (χ2n) is 4.14. The summed E-state index contributed by atoms with van der Waals surface area (Å²) >= 11 is 1.73. The van der Waals surface area contributed by atoms with Gasteiger partial charge in [-0.2, -0.15) is 0 Å². The maximum Gasteiger partial charge on any atom is 0.158 e. The molecule has 96 valence electrons. The van der Waals surface area contributed by atoms with Gasteiger partial charge in [0.15, 0.2) is 6.29 Å². The lowest BCUT2D eigenvalue weighted by Crippen LogP contribution is -2.22. The van der Waals surface area contributed by atoms with E-state index in [4.69, 9.17) is 9.47 Å². The Hall–Kier alpha value is -0.950. The third-order valence-electron chi connectivity index (χ3n) is 2.78. The van der Waals surface area contributed by atoms with Crippen molar-refractivity contribution in [2.24, 2.45) is 0 Å². The smallest absolute Gasteiger partial charge is 0.158 e. The first kappa shape index (κ1) is 13.5. The first-order valence-corrected chi connectivity index (χ1v) is 7.47. The number of thioether (sulfide) groups is 1. The molecule has 1 aromatic rings. The number of benzene rings is 1. The van der Waals surface area contributed by atoms with Crippen LogP contribution in [0.25, 0.3) is 0 Å². The molecule has 0 aromatic heterocycles. The SMILES string of the molecule is CSc1cccc(C#CCOC2CCCCO2)c1. The van der Waals surface area contributed by atoms with Crippen LogP contribution in [0.1, 0.15) is 24.8 Å². The molecular formula is C15H18O2S. The Morgan fingerprint density at radius 2 is 2.39 bits per heavy atom. The summed E-state index contributed by atoms with van der Waals surface area (Å²) in [7, 11) is 0. The third-order valence-corrected chi connectivity index (χ3v) is 3.51. The maximum atomic E-state index is 5.56. The molecule has 3 heteroatoms. The molecule has 0 amide bonds. The number of hydrogen-bond acceptors (Lipinski definition) is 3. The predicted octanol–water partition coefficient (Wildman–Crippen LogP) is 3.30. The fourth-order valence-electron chi connectivity index (χ4n) is 1.82. The summed E-state index contributed by atoms with van der Waals surface area (Å²) in [6, 6.07) is 8.22. The van der Waals surface area contributed by atoms with E-state index in [2.05, 4.69) is 30.2 Å². The fraction of sp³-hybridized carbons (Fsp3) is 0.467. The van der Waals surface area contributed by atoms with Crippen molar-refractivity contribution in [1.29, 1.82) is 0 Å². The molecular weight excluding hydrogens is 244 g/mol. The normalized spacial score (nSPS) is 19.1. The molecule has 1 heterocycles. The Bertz CT molecular complexity index is 428. The molecule has 18 heavy (non-hydrogen) atoms. The van der Waals surface area contributed by atoms with Crippen molar-refractivity contribution in [3.63, 3.8) is 0 Å². The maximum absolute atomic E-state index is 5.56. The van der Waals surface area contributed by atoms with Crippen LogP contribution in [-0.2, 0) is 9.47 Å². The fourth-order valence-corrected chi connectivity index (χ4v) is 2.28. The van der Waals surface area contributed by atoms with Gasteiger partial charge in [0.2, 0.25) is 0 Å². The largest absolute Gasteiger partial charge is 0.353 e. The van der Waals surface area contributed by atoms with E-state index in [-0.39, 0.29) is 6.29 Å². The zero-order valence-corrected chi connectivity index (χ0v) is 11.5. The van der Waals surface area contributed by atoms with Gasteiger partial charge in [0.25, 0.3) is 0 Å². The molecule has 0 aliphatic carbocycles. The molecule has 1 saturated heterocycles. The Balaban J connectivity index is 1.80. The summed E-state index contributed by atoms with van der Waals surface area (Å²) in [5.74, 6) is 6.15. The van der Waals surface area contributed by atoms with E-state index in [9.17, 15) is 0 Å². The zero-order chi connectivity index (χ0) is 12.6. The van der Waals surface area contributed by atoms with Gasteiger partial charge in [-0.15, -0.1) is 11.8 Å². The second-order valence-corrected chi connectivity index (χ2v) is 5.02. The Kier molecular flexibility index (Phi) is 5.60. The molecule has 0 radical (unpaired) electrons. The summed E-state index contributed by atoms with van der Waals surface area (Å²) in [6.45, 7) is 1.25. The van der Waals surface area contributed by atoms with Gasteiger partial charge < -0.3 is 9.47 Å². The lowest BCUT2D eigenvalue weighted by Gasteiger charge is -2.21. The van der Waals surface area contributed by atoms with Crippen LogP contribution in [-0.4, -0.2) is 25.8 Å². The van der Waals surface area contributed by atoms with Crippen molar-refractivity contribution in [3.05, 3.63) is 29.8 Å². The van der Waals surface area contributed by atoms with Gasteiger partial charge in [0.1, 0.15) is 6.61 Å². The zero-order valence-electron chi connectivity index (χ0n) is 10.6. The summed E-state index contributed by atoms with van der Waals surface area (Å²) in [5, 5.41) is 0. The molecule has 1 aliphatic rings. The minimum atomic E-state index is -0.0504. The van der Waals surface area contributed by atoms with E-state index in [0.717, 1.165) is 25.0 Å². The molecule has 1 aliphatic heterocycles. The molecule has 0 N–H and O–H groups in total. The highest BCUT2D eigenvalue weighted by molar-refractivity contribution is 7.98. The monoisotopic (exact) mass is 262 g/mol. The van der Waals surface area contributed by atoms with Crippen LogP contribution in [0.2, 0.25) is 0 Å². The quantitative estimate of drug-likeness (QED) is 0.615. The standard InChI is InChI=1S/C15H18O2S/c1-18-14-8-4-6-13(12-14)7-5-11-17-15-9-2-3-10-16-15/h4,6,8,12,15H,2-3,9-11H2,1H3. The summed E-state index contributed by atoms with van der Waals surface area (Å²) in [4.78, 5) is 1.23. The average Bonchev–Trinajstić information content (AvgIpc) is 2.45. The minimum absolute atomic E-state index is 0.0504. The van der Waals surface area contributed by atoms with Crippen LogP contribution in [0.5, 0.6) is 0 Å². The van der Waals surface area contributed by atoms with Gasteiger partial charge in [0, 0.05) is 17.1 Å². The predicted molar refractivity (Wildman–Crippen MR) is 74.6 cm³/mol. The molecule has 0 bridgehead atoms. The summed E-state index contributed by atoms with van der Waals surface area (Å²) in [6.07, 6.45) is 5.34. The third kappa shape index (κ3) is 4.38. The number of rotatable bonds is 3. The summed E-state index contributed by atoms with van der Waals surface area (Å²) < 4.78 is 11.0. The molecule has 0 spiro atoms. The van der Waals surface area contributed by atoms with Gasteiger partial charge in [0.05, 0.1) is 0 Å². The molecule has 2 nitrogen and oxygen atoms in total. The van der Waals surface area contributed by atoms with Gasteiger partial charge in [-0.1, -0.05) is 17.9 Å². The van der Waals surface area contributed by atoms with Gasteiger partial charge in [-0.05, 0) is 43.7 Å². The van der Waals surface area contributed by atoms with Crippen molar-refractivity contribution < 1.29 is 9.47 Å². The minimum Gasteiger partial charge on any atom is -0.353 e. The highest BCUT2D eigenvalue weighted by atomic mass is 32.2. The van der Waals surface area contributed by atoms with Crippen molar-refractivity contribution in [2.75, 3.05) is 19.5 Å². The van der Waals surface area contributed by atoms with Crippen LogP contribution < -0.4 is 0 Å². The lowest BCUT2D eigenvalue weighted by molar-refractivity contribution is -0.154. The highest BCUT2D eigenvalue weighted by Crippen LogP contribution is 2.15. The van der Waals surface area contributed by atoms with Crippen LogP contribution >= 0.6 is 11.8 Å². The van der Waals surface area contributed by atoms with Crippen molar-refractivity contribution in [3.8, 4) is 11.8 Å². The van der Waals surface area contributed by atoms with Crippen molar-refractivity contribution in [1.82, 2.24) is 0 Å². The van der Waals surface area contributed by atoms with Crippen LogP contribution in [0.3, 0.4) is 0 Å². The average molecular weight is 262 g/mol. The second kappa shape index (κ2) is 7.48. The van der Waals surface area contributed by atoms with Crippen LogP contribution in [0.4, 0.5) is 0 Å². The Labute approximate surface area is 113 Å². The van der Waals surface area contributed by atoms with Crippen molar-refractivity contribution in [2.45, 2.75) is 30.4 Å². The molecule has 2 rings (SSSR count). The van der Waals surface area contributed by atoms with E-state index in [1.807, 2.05) is 12.1 Å². The first-order chi connectivity index (χ1) is 8.88. The number of ether oxygens (including phenoxy) is 2. The molecule has 1 atom stereocenters. The van der Waals surface area contributed by atoms with Crippen molar-refractivity contribution >= 4 is 11.8 Å². The van der Waals surface area contributed by atoms with Crippen LogP contribution in [0, 0.1) is 11.8 Å². The van der Waals surface area contributed by atoms with Gasteiger partial charge in [-0.3, -0.25) is 0 Å². The van der Waals surface area contributed by atoms with E-state index < -0.39 is 0 Å². The van der Waals surface area contributed by atoms with E-state index in [1.165, 1.54) is 11.3 Å². The van der Waals surface area contributed by atoms with E-state index in [0.29, 0.717) is 6.61 Å². The van der Waals surface area contributed by atoms with E-state index in [1.54, 1.807) is 11.8 Å². The van der Waals surface area contributed by atoms with Gasteiger partial charge >= 0.3 is 0 Å². The topological polar surface area (TPSA) is 18.5 Å². The summed E-state index contributed by atoms with van der Waals surface area (Å²) in [5.41, 5.74) is 1.04.